The van der Waals surface area contributed by atoms with Gasteiger partial charge in [0, 0.05) is 12.1 Å². The molecule has 1 aliphatic heterocycles. The number of imide groups is 1. The van der Waals surface area contributed by atoms with Crippen molar-refractivity contribution in [2.45, 2.75) is 19.3 Å². The summed E-state index contributed by atoms with van der Waals surface area (Å²) in [5.74, 6) is -1.53. The molecular weight excluding hydrogens is 470 g/mol. The Balaban J connectivity index is 1.21. The van der Waals surface area contributed by atoms with Crippen molar-refractivity contribution in [1.82, 2.24) is 0 Å². The fourth-order valence-electron chi connectivity index (χ4n) is 5.71. The van der Waals surface area contributed by atoms with Crippen LogP contribution in [0.3, 0.4) is 0 Å². The van der Waals surface area contributed by atoms with E-state index in [0.29, 0.717) is 11.4 Å². The van der Waals surface area contributed by atoms with Crippen molar-refractivity contribution in [3.05, 3.63) is 58.1 Å². The van der Waals surface area contributed by atoms with Gasteiger partial charge >= 0.3 is 5.97 Å². The third-order valence-electron chi connectivity index (χ3n) is 7.30. The predicted octanol–water partition coefficient (Wildman–Crippen LogP) is 2.93. The van der Waals surface area contributed by atoms with Crippen LogP contribution in [0.15, 0.2) is 42.5 Å². The second-order valence-corrected chi connectivity index (χ2v) is 9.21. The van der Waals surface area contributed by atoms with E-state index in [-0.39, 0.29) is 52.4 Å². The summed E-state index contributed by atoms with van der Waals surface area (Å²) in [6.45, 7) is -0.676. The zero-order valence-electron chi connectivity index (χ0n) is 19.3. The smallest absolute Gasteiger partial charge is 0.338 e. The Kier molecular flexibility index (Phi) is 5.91. The number of carbonyl (C=O) groups excluding carboxylic acids is 4. The number of nitrogens with one attached hydrogen (secondary N) is 1. The molecule has 2 bridgehead atoms. The van der Waals surface area contributed by atoms with E-state index >= 15 is 0 Å². The van der Waals surface area contributed by atoms with Crippen LogP contribution in [-0.2, 0) is 19.1 Å². The van der Waals surface area contributed by atoms with Crippen LogP contribution in [0.2, 0.25) is 0 Å². The molecular formula is C25H23N3O8. The van der Waals surface area contributed by atoms with Gasteiger partial charge in [-0.25, -0.2) is 4.79 Å². The molecule has 2 saturated carbocycles. The summed E-state index contributed by atoms with van der Waals surface area (Å²) < 4.78 is 10.0. The van der Waals surface area contributed by atoms with Gasteiger partial charge in [-0.2, -0.15) is 0 Å². The molecule has 3 fully saturated rings. The molecule has 11 nitrogen and oxygen atoms in total. The summed E-state index contributed by atoms with van der Waals surface area (Å²) in [5, 5.41) is 13.5. The first-order valence-electron chi connectivity index (χ1n) is 11.6. The van der Waals surface area contributed by atoms with Crippen LogP contribution < -0.4 is 15.0 Å². The van der Waals surface area contributed by atoms with Gasteiger partial charge in [-0.05, 0) is 61.4 Å². The lowest BCUT2D eigenvalue weighted by Crippen LogP contribution is -2.32. The lowest BCUT2D eigenvalue weighted by atomic mass is 9.81. The molecule has 5 rings (SSSR count). The van der Waals surface area contributed by atoms with Crippen molar-refractivity contribution >= 4 is 40.8 Å². The maximum Gasteiger partial charge on any atom is 0.338 e. The molecule has 2 aromatic rings. The van der Waals surface area contributed by atoms with Crippen molar-refractivity contribution in [2.24, 2.45) is 23.7 Å². The van der Waals surface area contributed by atoms with Crippen LogP contribution in [0.25, 0.3) is 0 Å². The third-order valence-corrected chi connectivity index (χ3v) is 7.30. The average Bonchev–Trinajstić information content (AvgIpc) is 3.56. The van der Waals surface area contributed by atoms with E-state index in [2.05, 4.69) is 5.32 Å². The van der Waals surface area contributed by atoms with E-state index in [4.69, 9.17) is 9.47 Å². The van der Waals surface area contributed by atoms with E-state index in [1.54, 1.807) is 0 Å². The molecule has 11 heteroatoms. The number of esters is 1. The molecule has 1 saturated heterocycles. The summed E-state index contributed by atoms with van der Waals surface area (Å²) in [6.07, 6.45) is 2.93. The highest BCUT2D eigenvalue weighted by molar-refractivity contribution is 6.22. The number of rotatable bonds is 7. The van der Waals surface area contributed by atoms with E-state index in [1.165, 1.54) is 54.5 Å². The van der Waals surface area contributed by atoms with Gasteiger partial charge in [0.1, 0.15) is 11.4 Å². The molecule has 2 aromatic carbocycles. The molecule has 3 aliphatic rings. The minimum atomic E-state index is -0.800. The number of hydrogen-bond donors (Lipinski definition) is 1. The van der Waals surface area contributed by atoms with Gasteiger partial charge in [-0.1, -0.05) is 0 Å². The number of methoxy groups -OCH3 is 1. The number of nitrogens with zero attached hydrogens (tertiary/aromatic N) is 2. The zero-order valence-corrected chi connectivity index (χ0v) is 19.3. The maximum absolute atomic E-state index is 13.0. The first-order chi connectivity index (χ1) is 17.3. The molecule has 4 atom stereocenters. The quantitative estimate of drug-likeness (QED) is 0.268. The van der Waals surface area contributed by atoms with Gasteiger partial charge in [0.25, 0.3) is 11.6 Å². The number of nitro benzene ring substituents is 1. The molecule has 1 N–H and O–H groups in total. The van der Waals surface area contributed by atoms with E-state index < -0.39 is 23.4 Å². The SMILES string of the molecule is COc1ccc([N+](=O)[O-])c(NC(=O)COC(=O)c2ccc(N3C(=O)[C@@H]4[C@H]5CC[C@@H](C5)[C@H]4C3=O)cc2)c1. The van der Waals surface area contributed by atoms with Crippen molar-refractivity contribution < 1.29 is 33.6 Å². The summed E-state index contributed by atoms with van der Waals surface area (Å²) in [6, 6.07) is 9.73. The Morgan fingerprint density at radius 2 is 1.69 bits per heavy atom. The van der Waals surface area contributed by atoms with E-state index in [1.807, 2.05) is 0 Å². The average molecular weight is 493 g/mol. The summed E-state index contributed by atoms with van der Waals surface area (Å²) in [5.41, 5.74) is 0.0915. The van der Waals surface area contributed by atoms with Crippen molar-refractivity contribution in [3.8, 4) is 5.75 Å². The number of anilines is 2. The van der Waals surface area contributed by atoms with E-state index in [9.17, 15) is 29.3 Å². The summed E-state index contributed by atoms with van der Waals surface area (Å²) in [7, 11) is 1.38. The molecule has 0 radical (unpaired) electrons. The van der Waals surface area contributed by atoms with Gasteiger partial charge in [0.2, 0.25) is 11.8 Å². The maximum atomic E-state index is 13.0. The Labute approximate surface area is 205 Å². The number of carbonyl (C=O) groups is 4. The monoisotopic (exact) mass is 493 g/mol. The van der Waals surface area contributed by atoms with Gasteiger partial charge < -0.3 is 14.8 Å². The summed E-state index contributed by atoms with van der Waals surface area (Å²) >= 11 is 0. The molecule has 0 unspecified atom stereocenters. The largest absolute Gasteiger partial charge is 0.497 e. The van der Waals surface area contributed by atoms with Crippen molar-refractivity contribution in [2.75, 3.05) is 23.9 Å². The normalized spacial score (nSPS) is 24.0. The van der Waals surface area contributed by atoms with Gasteiger partial charge in [-0.15, -0.1) is 0 Å². The number of hydrogen-bond acceptors (Lipinski definition) is 8. The fraction of sp³-hybridized carbons (Fsp3) is 0.360. The van der Waals surface area contributed by atoms with Gasteiger partial charge in [0.15, 0.2) is 6.61 Å². The third kappa shape index (κ3) is 3.96. The molecule has 0 aromatic heterocycles. The molecule has 0 spiro atoms. The van der Waals surface area contributed by atoms with Crippen LogP contribution in [0, 0.1) is 33.8 Å². The molecule has 3 amide bonds. The minimum absolute atomic E-state index is 0.0945. The number of fused-ring (bicyclic) bond motifs is 5. The standard InChI is InChI=1S/C25H23N3O8/c1-35-17-8-9-19(28(33)34)18(11-17)26-20(29)12-36-25(32)13-4-6-16(7-5-13)27-23(30)21-14-2-3-15(10-14)22(21)24(27)31/h4-9,11,14-15,21-22H,2-3,10,12H2,1H3,(H,26,29)/t14-,15-,21+,22+/m0/s1. The Morgan fingerprint density at radius 3 is 2.28 bits per heavy atom. The lowest BCUT2D eigenvalue weighted by molar-refractivity contribution is -0.383. The predicted molar refractivity (Wildman–Crippen MR) is 125 cm³/mol. The van der Waals surface area contributed by atoms with Crippen LogP contribution in [0.1, 0.15) is 29.6 Å². The van der Waals surface area contributed by atoms with Crippen LogP contribution in [0.5, 0.6) is 5.75 Å². The van der Waals surface area contributed by atoms with Crippen LogP contribution >= 0.6 is 0 Å². The number of amides is 3. The van der Waals surface area contributed by atoms with Crippen LogP contribution in [-0.4, -0.2) is 42.3 Å². The lowest BCUT2D eigenvalue weighted by Gasteiger charge is -2.19. The van der Waals surface area contributed by atoms with Crippen molar-refractivity contribution in [1.29, 1.82) is 0 Å². The Morgan fingerprint density at radius 1 is 1.06 bits per heavy atom. The topological polar surface area (TPSA) is 145 Å². The second-order valence-electron chi connectivity index (χ2n) is 9.21. The molecule has 36 heavy (non-hydrogen) atoms. The van der Waals surface area contributed by atoms with Gasteiger partial charge in [0.05, 0.1) is 35.1 Å². The highest BCUT2D eigenvalue weighted by atomic mass is 16.6. The number of benzene rings is 2. The number of nitro groups is 1. The molecule has 1 heterocycles. The minimum Gasteiger partial charge on any atom is -0.497 e. The first kappa shape index (κ1) is 23.5. The Hall–Kier alpha value is -4.28. The first-order valence-corrected chi connectivity index (χ1v) is 11.6. The van der Waals surface area contributed by atoms with E-state index in [0.717, 1.165) is 19.3 Å². The molecule has 2 aliphatic carbocycles. The molecule has 186 valence electrons. The fourth-order valence-corrected chi connectivity index (χ4v) is 5.71. The highest BCUT2D eigenvalue weighted by Gasteiger charge is 2.61. The Bertz CT molecular complexity index is 1250. The zero-order chi connectivity index (χ0) is 25.6. The van der Waals surface area contributed by atoms with Crippen LogP contribution in [0.4, 0.5) is 17.1 Å². The van der Waals surface area contributed by atoms with Crippen molar-refractivity contribution in [3.63, 3.8) is 0 Å². The highest BCUT2D eigenvalue weighted by Crippen LogP contribution is 2.56. The number of ether oxygens (including phenoxy) is 2. The second kappa shape index (κ2) is 9.06. The van der Waals surface area contributed by atoms with Gasteiger partial charge in [-0.3, -0.25) is 29.4 Å². The summed E-state index contributed by atoms with van der Waals surface area (Å²) in [4.78, 5) is 62.3.